The van der Waals surface area contributed by atoms with Crippen molar-refractivity contribution in [2.24, 2.45) is 5.41 Å². The lowest BCUT2D eigenvalue weighted by atomic mass is 9.59. The molecule has 0 bridgehead atoms. The van der Waals surface area contributed by atoms with E-state index in [0.717, 1.165) is 78.9 Å². The number of rotatable bonds is 6. The number of alkyl halides is 3. The summed E-state index contributed by atoms with van der Waals surface area (Å²) in [6.07, 6.45) is 4.86. The van der Waals surface area contributed by atoms with Crippen molar-refractivity contribution >= 4 is 13.9 Å². The summed E-state index contributed by atoms with van der Waals surface area (Å²) in [6.45, 7) is 13.6. The zero-order valence-corrected chi connectivity index (χ0v) is 28.2. The van der Waals surface area contributed by atoms with Crippen LogP contribution >= 0.6 is 0 Å². The first-order chi connectivity index (χ1) is 21.2. The van der Waals surface area contributed by atoms with Gasteiger partial charge in [0, 0.05) is 47.7 Å². The predicted octanol–water partition coefficient (Wildman–Crippen LogP) is 8.45. The molecule has 2 aromatic rings. The van der Waals surface area contributed by atoms with Crippen LogP contribution in [0.1, 0.15) is 123 Å². The first-order valence-corrected chi connectivity index (χ1v) is 19.4. The van der Waals surface area contributed by atoms with E-state index in [9.17, 15) is 18.3 Å². The molecule has 1 saturated heterocycles. The molecule has 6 nitrogen and oxygen atoms in total. The molecular weight excluding hydrogens is 597 g/mol. The van der Waals surface area contributed by atoms with Gasteiger partial charge in [-0.1, -0.05) is 39.3 Å². The SMILES string of the molecule is CC(C)(C)[Si](C)(C)O[C@H]1CC2(CCC2)Cc2nc(C3CCOCC3)c([C@@H](O)c3ccc(C(F)(F)F)nc3)c(C3=CCOCC3)c21. The van der Waals surface area contributed by atoms with Gasteiger partial charge >= 0.3 is 6.18 Å². The van der Waals surface area contributed by atoms with Crippen molar-refractivity contribution in [2.75, 3.05) is 26.4 Å². The van der Waals surface area contributed by atoms with Crippen molar-refractivity contribution in [1.29, 1.82) is 0 Å². The molecule has 0 aromatic carbocycles. The third-order valence-corrected chi connectivity index (χ3v) is 15.6. The molecule has 0 amide bonds. The molecule has 4 heterocycles. The molecule has 2 fully saturated rings. The van der Waals surface area contributed by atoms with E-state index in [4.69, 9.17) is 18.9 Å². The van der Waals surface area contributed by atoms with E-state index in [0.29, 0.717) is 44.0 Å². The zero-order chi connectivity index (χ0) is 32.2. The topological polar surface area (TPSA) is 73.7 Å². The minimum atomic E-state index is -4.56. The minimum Gasteiger partial charge on any atom is -0.410 e. The summed E-state index contributed by atoms with van der Waals surface area (Å²) >= 11 is 0. The zero-order valence-electron chi connectivity index (χ0n) is 27.2. The fourth-order valence-corrected chi connectivity index (χ4v) is 8.60. The minimum absolute atomic E-state index is 0.000788. The Labute approximate surface area is 265 Å². The Bertz CT molecular complexity index is 1420. The van der Waals surface area contributed by atoms with E-state index in [2.05, 4.69) is 44.9 Å². The molecule has 2 aliphatic heterocycles. The standard InChI is InChI=1S/C35H47F3N2O4Si/c1-33(2,3)45(4,5)44-26-20-34(13-6-14-34)19-25-29(26)28(22-9-15-42-16-10-22)30(31(40-25)23-11-17-43-18-12-23)32(41)24-7-8-27(39-21-24)35(36,37)38/h7-9,21,23,26,32,41H,6,10-20H2,1-5H3/t26-,32-/m0/s1. The van der Waals surface area contributed by atoms with Gasteiger partial charge in [-0.15, -0.1) is 0 Å². The summed E-state index contributed by atoms with van der Waals surface area (Å²) in [5.41, 5.74) is 5.22. The molecule has 0 radical (unpaired) electrons. The van der Waals surface area contributed by atoms with Gasteiger partial charge in [-0.25, -0.2) is 0 Å². The van der Waals surface area contributed by atoms with Gasteiger partial charge in [0.25, 0.3) is 0 Å². The van der Waals surface area contributed by atoms with Gasteiger partial charge in [0.15, 0.2) is 8.32 Å². The Kier molecular flexibility index (Phi) is 8.87. The molecule has 4 aliphatic rings. The summed E-state index contributed by atoms with van der Waals surface area (Å²) in [7, 11) is -2.23. The number of nitrogens with zero attached hydrogens (tertiary/aromatic N) is 2. The van der Waals surface area contributed by atoms with E-state index in [1.807, 2.05) is 0 Å². The number of halogens is 3. The Morgan fingerprint density at radius 2 is 1.80 bits per heavy atom. The van der Waals surface area contributed by atoms with Gasteiger partial charge in [-0.3, -0.25) is 9.97 Å². The van der Waals surface area contributed by atoms with E-state index < -0.39 is 26.3 Å². The van der Waals surface area contributed by atoms with Crippen LogP contribution in [-0.2, 0) is 26.5 Å². The number of pyridine rings is 2. The third kappa shape index (κ3) is 6.42. The number of fused-ring (bicyclic) bond motifs is 1. The molecule has 246 valence electrons. The summed E-state index contributed by atoms with van der Waals surface area (Å²) in [6, 6.07) is 2.30. The molecule has 45 heavy (non-hydrogen) atoms. The van der Waals surface area contributed by atoms with Crippen molar-refractivity contribution < 1.29 is 32.2 Å². The Morgan fingerprint density at radius 1 is 1.07 bits per heavy atom. The third-order valence-electron chi connectivity index (χ3n) is 11.1. The second-order valence-electron chi connectivity index (χ2n) is 15.1. The molecule has 2 aliphatic carbocycles. The summed E-state index contributed by atoms with van der Waals surface area (Å²) < 4.78 is 59.1. The van der Waals surface area contributed by atoms with Crippen LogP contribution in [-0.4, -0.2) is 49.8 Å². The Balaban J connectivity index is 1.59. The molecule has 1 saturated carbocycles. The molecule has 6 rings (SSSR count). The largest absolute Gasteiger partial charge is 0.433 e. The van der Waals surface area contributed by atoms with Crippen molar-refractivity contribution in [2.45, 2.75) is 115 Å². The second-order valence-corrected chi connectivity index (χ2v) is 19.8. The maximum atomic E-state index is 13.4. The molecule has 2 atom stereocenters. The molecule has 0 unspecified atom stereocenters. The average Bonchev–Trinajstić information content (AvgIpc) is 2.98. The van der Waals surface area contributed by atoms with Crippen molar-refractivity contribution in [3.05, 3.63) is 63.7 Å². The highest BCUT2D eigenvalue weighted by Crippen LogP contribution is 2.58. The molecule has 1 spiro atoms. The quantitative estimate of drug-likeness (QED) is 0.318. The van der Waals surface area contributed by atoms with Crippen LogP contribution in [0.2, 0.25) is 18.1 Å². The smallest absolute Gasteiger partial charge is 0.410 e. The lowest BCUT2D eigenvalue weighted by Gasteiger charge is -2.51. The van der Waals surface area contributed by atoms with Crippen LogP contribution in [0.5, 0.6) is 0 Å². The number of aromatic nitrogens is 2. The van der Waals surface area contributed by atoms with Crippen LogP contribution in [0.3, 0.4) is 0 Å². The summed E-state index contributed by atoms with van der Waals surface area (Å²) in [4.78, 5) is 9.19. The number of hydrogen-bond donors (Lipinski definition) is 1. The highest BCUT2D eigenvalue weighted by Gasteiger charge is 2.50. The van der Waals surface area contributed by atoms with Gasteiger partial charge in [0.1, 0.15) is 11.8 Å². The number of ether oxygens (including phenoxy) is 2. The van der Waals surface area contributed by atoms with Crippen LogP contribution in [0.15, 0.2) is 24.4 Å². The molecular formula is C35H47F3N2O4Si. The Morgan fingerprint density at radius 3 is 2.36 bits per heavy atom. The van der Waals surface area contributed by atoms with Gasteiger partial charge in [-0.2, -0.15) is 13.2 Å². The lowest BCUT2D eigenvalue weighted by Crippen LogP contribution is -2.46. The van der Waals surface area contributed by atoms with E-state index in [1.165, 1.54) is 12.5 Å². The maximum absolute atomic E-state index is 13.4. The first-order valence-electron chi connectivity index (χ1n) is 16.5. The van der Waals surface area contributed by atoms with Gasteiger partial charge < -0.3 is 19.0 Å². The van der Waals surface area contributed by atoms with Crippen LogP contribution in [0.4, 0.5) is 13.2 Å². The highest BCUT2D eigenvalue weighted by molar-refractivity contribution is 6.74. The van der Waals surface area contributed by atoms with Crippen molar-refractivity contribution in [1.82, 2.24) is 9.97 Å². The summed E-state index contributed by atoms with van der Waals surface area (Å²) in [5, 5.41) is 12.2. The first kappa shape index (κ1) is 32.8. The number of hydrogen-bond acceptors (Lipinski definition) is 6. The monoisotopic (exact) mass is 644 g/mol. The van der Waals surface area contributed by atoms with E-state index >= 15 is 0 Å². The predicted molar refractivity (Wildman–Crippen MR) is 169 cm³/mol. The fraction of sp³-hybridized carbons (Fsp3) is 0.657. The molecule has 2 aromatic heterocycles. The van der Waals surface area contributed by atoms with Crippen molar-refractivity contribution in [3.8, 4) is 0 Å². The molecule has 10 heteroatoms. The lowest BCUT2D eigenvalue weighted by molar-refractivity contribution is -0.141. The van der Waals surface area contributed by atoms with Crippen LogP contribution in [0.25, 0.3) is 5.57 Å². The van der Waals surface area contributed by atoms with Crippen LogP contribution in [0, 0.1) is 5.41 Å². The van der Waals surface area contributed by atoms with E-state index in [-0.39, 0.29) is 22.5 Å². The number of aliphatic hydroxyl groups is 1. The van der Waals surface area contributed by atoms with Crippen LogP contribution < -0.4 is 0 Å². The maximum Gasteiger partial charge on any atom is 0.433 e. The number of aliphatic hydroxyl groups excluding tert-OH is 1. The fourth-order valence-electron chi connectivity index (χ4n) is 7.34. The normalized spacial score (nSPS) is 23.3. The average molecular weight is 645 g/mol. The van der Waals surface area contributed by atoms with Gasteiger partial charge in [-0.05, 0) is 85.7 Å². The molecule has 1 N–H and O–H groups in total. The van der Waals surface area contributed by atoms with Crippen molar-refractivity contribution in [3.63, 3.8) is 0 Å². The van der Waals surface area contributed by atoms with Gasteiger partial charge in [0.2, 0.25) is 0 Å². The summed E-state index contributed by atoms with van der Waals surface area (Å²) in [5.74, 6) is 0.0642. The second kappa shape index (κ2) is 12.2. The highest BCUT2D eigenvalue weighted by atomic mass is 28.4. The van der Waals surface area contributed by atoms with E-state index in [1.54, 1.807) is 0 Å². The van der Waals surface area contributed by atoms with Gasteiger partial charge in [0.05, 0.1) is 25.0 Å². The Hall–Kier alpha value is -2.11.